The molecule has 2 nitrogen and oxygen atoms in total. The van der Waals surface area contributed by atoms with E-state index in [0.717, 1.165) is 11.1 Å². The summed E-state index contributed by atoms with van der Waals surface area (Å²) in [6.45, 7) is 0. The van der Waals surface area contributed by atoms with Gasteiger partial charge in [-0.3, -0.25) is 9.59 Å². The van der Waals surface area contributed by atoms with E-state index in [1.807, 2.05) is 0 Å². The van der Waals surface area contributed by atoms with E-state index < -0.39 is 5.24 Å². The van der Waals surface area contributed by atoms with Crippen LogP contribution in [0.15, 0.2) is 36.4 Å². The van der Waals surface area contributed by atoms with Gasteiger partial charge in [-0.1, -0.05) is 29.8 Å². The number of carbonyl (C=O) groups excluding carboxylic acids is 2. The van der Waals surface area contributed by atoms with Gasteiger partial charge in [-0.25, -0.2) is 0 Å². The molecule has 1 aliphatic rings. The molecule has 4 heteroatoms. The van der Waals surface area contributed by atoms with Crippen LogP contribution in [-0.2, 0) is 0 Å². The predicted octanol–water partition coefficient (Wildman–Crippen LogP) is 3.93. The molecule has 0 unspecified atom stereocenters. The Morgan fingerprint density at radius 3 is 2.50 bits per heavy atom. The molecule has 0 bridgehead atoms. The molecule has 0 N–H and O–H groups in total. The Morgan fingerprint density at radius 1 is 1.00 bits per heavy atom. The van der Waals surface area contributed by atoms with E-state index in [1.165, 1.54) is 0 Å². The first kappa shape index (κ1) is 11.5. The number of rotatable bonds is 1. The zero-order valence-electron chi connectivity index (χ0n) is 9.04. The molecule has 0 spiro atoms. The maximum Gasteiger partial charge on any atom is 0.253 e. The third-order valence-electron chi connectivity index (χ3n) is 3.02. The lowest BCUT2D eigenvalue weighted by atomic mass is 10.0. The summed E-state index contributed by atoms with van der Waals surface area (Å²) < 4.78 is 0. The number of hydrogen-bond donors (Lipinski definition) is 0. The second kappa shape index (κ2) is 3.94. The first-order chi connectivity index (χ1) is 8.59. The molecule has 0 heterocycles. The highest BCUT2D eigenvalue weighted by molar-refractivity contribution is 6.68. The first-order valence-electron chi connectivity index (χ1n) is 5.27. The largest absolute Gasteiger partial charge is 0.289 e. The molecule has 88 valence electrons. The lowest BCUT2D eigenvalue weighted by Gasteiger charge is -2.02. The van der Waals surface area contributed by atoms with Crippen molar-refractivity contribution in [1.82, 2.24) is 0 Å². The zero-order chi connectivity index (χ0) is 12.9. The van der Waals surface area contributed by atoms with Crippen molar-refractivity contribution in [2.75, 3.05) is 0 Å². The Kier molecular flexibility index (Phi) is 2.51. The van der Waals surface area contributed by atoms with Gasteiger partial charge in [-0.2, -0.15) is 0 Å². The van der Waals surface area contributed by atoms with Crippen molar-refractivity contribution in [3.8, 4) is 11.1 Å². The van der Waals surface area contributed by atoms with Crippen LogP contribution >= 0.6 is 23.2 Å². The van der Waals surface area contributed by atoms with Crippen LogP contribution in [0.3, 0.4) is 0 Å². The first-order valence-corrected chi connectivity index (χ1v) is 6.02. The minimum atomic E-state index is -0.626. The summed E-state index contributed by atoms with van der Waals surface area (Å²) in [4.78, 5) is 23.7. The molecule has 0 fully saturated rings. The average Bonchev–Trinajstić information content (AvgIpc) is 2.63. The topological polar surface area (TPSA) is 34.1 Å². The lowest BCUT2D eigenvalue weighted by molar-refractivity contribution is 0.102. The molecule has 0 saturated heterocycles. The quantitative estimate of drug-likeness (QED) is 0.631. The fourth-order valence-corrected chi connectivity index (χ4v) is 2.59. The maximum absolute atomic E-state index is 12.3. The van der Waals surface area contributed by atoms with Crippen LogP contribution < -0.4 is 0 Å². The molecule has 0 radical (unpaired) electrons. The summed E-state index contributed by atoms with van der Waals surface area (Å²) in [6, 6.07) is 10.2. The van der Waals surface area contributed by atoms with E-state index in [-0.39, 0.29) is 11.3 Å². The lowest BCUT2D eigenvalue weighted by Crippen LogP contribution is -2.03. The van der Waals surface area contributed by atoms with Crippen molar-refractivity contribution in [2.45, 2.75) is 0 Å². The summed E-state index contributed by atoms with van der Waals surface area (Å²) in [5.74, 6) is -0.202. The number of carbonyl (C=O) groups is 2. The van der Waals surface area contributed by atoms with Crippen molar-refractivity contribution < 1.29 is 9.59 Å². The van der Waals surface area contributed by atoms with Crippen LogP contribution in [0, 0.1) is 0 Å². The van der Waals surface area contributed by atoms with Crippen molar-refractivity contribution >= 4 is 34.2 Å². The molecule has 0 amide bonds. The van der Waals surface area contributed by atoms with Gasteiger partial charge in [0, 0.05) is 21.7 Å². The molecule has 2 aromatic rings. The Morgan fingerprint density at radius 2 is 1.78 bits per heavy atom. The minimum absolute atomic E-state index is 0.202. The van der Waals surface area contributed by atoms with E-state index in [1.54, 1.807) is 36.4 Å². The van der Waals surface area contributed by atoms with Crippen LogP contribution in [-0.4, -0.2) is 11.0 Å². The normalized spacial score (nSPS) is 12.2. The van der Waals surface area contributed by atoms with Crippen molar-refractivity contribution in [3.63, 3.8) is 0 Å². The number of halogens is 2. The summed E-state index contributed by atoms with van der Waals surface area (Å²) in [6.07, 6.45) is 0. The fourth-order valence-electron chi connectivity index (χ4n) is 2.26. The Balaban J connectivity index is 2.36. The summed E-state index contributed by atoms with van der Waals surface area (Å²) in [7, 11) is 0. The van der Waals surface area contributed by atoms with Crippen LogP contribution in [0.5, 0.6) is 0 Å². The van der Waals surface area contributed by atoms with Crippen molar-refractivity contribution in [3.05, 3.63) is 58.1 Å². The smallest absolute Gasteiger partial charge is 0.253 e. The highest BCUT2D eigenvalue weighted by atomic mass is 35.5. The molecule has 0 aromatic heterocycles. The van der Waals surface area contributed by atoms with Crippen LogP contribution in [0.4, 0.5) is 0 Å². The summed E-state index contributed by atoms with van der Waals surface area (Å²) in [5.41, 5.74) is 2.65. The molecule has 18 heavy (non-hydrogen) atoms. The van der Waals surface area contributed by atoms with Gasteiger partial charge in [-0.15, -0.1) is 0 Å². The van der Waals surface area contributed by atoms with Gasteiger partial charge < -0.3 is 0 Å². The van der Waals surface area contributed by atoms with E-state index in [4.69, 9.17) is 23.2 Å². The van der Waals surface area contributed by atoms with E-state index in [0.29, 0.717) is 16.1 Å². The predicted molar refractivity (Wildman–Crippen MR) is 70.5 cm³/mol. The third kappa shape index (κ3) is 1.50. The molecule has 0 saturated carbocycles. The fraction of sp³-hybridized carbons (Fsp3) is 0. The Hall–Kier alpha value is -1.64. The van der Waals surface area contributed by atoms with Gasteiger partial charge in [0.05, 0.1) is 0 Å². The van der Waals surface area contributed by atoms with Crippen molar-refractivity contribution in [2.24, 2.45) is 0 Å². The maximum atomic E-state index is 12.3. The van der Waals surface area contributed by atoms with Crippen LogP contribution in [0.1, 0.15) is 26.3 Å². The average molecular weight is 277 g/mol. The van der Waals surface area contributed by atoms with Gasteiger partial charge in [0.15, 0.2) is 5.78 Å². The second-order valence-electron chi connectivity index (χ2n) is 4.02. The number of ketones is 1. The van der Waals surface area contributed by atoms with Gasteiger partial charge in [-0.05, 0) is 40.9 Å². The highest BCUT2D eigenvalue weighted by Crippen LogP contribution is 2.39. The molecule has 0 aliphatic heterocycles. The van der Waals surface area contributed by atoms with Gasteiger partial charge in [0.1, 0.15) is 0 Å². The molecule has 3 rings (SSSR count). The van der Waals surface area contributed by atoms with Crippen LogP contribution in [0.2, 0.25) is 5.02 Å². The van der Waals surface area contributed by atoms with E-state index in [2.05, 4.69) is 0 Å². The third-order valence-corrected chi connectivity index (χ3v) is 3.46. The van der Waals surface area contributed by atoms with Crippen molar-refractivity contribution in [1.29, 1.82) is 0 Å². The zero-order valence-corrected chi connectivity index (χ0v) is 10.5. The molecular weight excluding hydrogens is 271 g/mol. The Bertz CT molecular complexity index is 705. The molecular formula is C14H6Cl2O2. The molecule has 2 aromatic carbocycles. The Labute approximate surface area is 113 Å². The standard InChI is InChI=1S/C14H6Cl2O2/c15-7-4-5-8-9-2-1-3-10(14(16)18)12(9)13(17)11(8)6-7/h1-6H. The van der Waals surface area contributed by atoms with Gasteiger partial charge in [0.2, 0.25) is 0 Å². The van der Waals surface area contributed by atoms with E-state index in [9.17, 15) is 9.59 Å². The SMILES string of the molecule is O=C(Cl)c1cccc2c1C(=O)c1cc(Cl)ccc1-2. The number of fused-ring (bicyclic) bond motifs is 3. The van der Waals surface area contributed by atoms with Gasteiger partial charge >= 0.3 is 0 Å². The molecule has 0 atom stereocenters. The highest BCUT2D eigenvalue weighted by Gasteiger charge is 2.30. The monoisotopic (exact) mass is 276 g/mol. The van der Waals surface area contributed by atoms with Gasteiger partial charge in [0.25, 0.3) is 5.24 Å². The van der Waals surface area contributed by atoms with Crippen LogP contribution in [0.25, 0.3) is 11.1 Å². The molecule has 1 aliphatic carbocycles. The number of benzene rings is 2. The second-order valence-corrected chi connectivity index (χ2v) is 4.80. The number of hydrogen-bond acceptors (Lipinski definition) is 2. The summed E-state index contributed by atoms with van der Waals surface area (Å²) in [5, 5.41) is -0.132. The minimum Gasteiger partial charge on any atom is -0.289 e. The van der Waals surface area contributed by atoms with E-state index >= 15 is 0 Å². The summed E-state index contributed by atoms with van der Waals surface area (Å²) >= 11 is 11.4.